The molecule has 0 fully saturated rings. The number of carbonyl (C=O) groups is 5. The zero-order valence-corrected chi connectivity index (χ0v) is 16.5. The first-order chi connectivity index (χ1) is 14.3. The van der Waals surface area contributed by atoms with Gasteiger partial charge in [0.05, 0.1) is 23.2 Å². The van der Waals surface area contributed by atoms with Crippen molar-refractivity contribution in [2.75, 3.05) is 11.9 Å². The van der Waals surface area contributed by atoms with Gasteiger partial charge in [-0.15, -0.1) is 0 Å². The van der Waals surface area contributed by atoms with Crippen LogP contribution in [0.1, 0.15) is 51.3 Å². The summed E-state index contributed by atoms with van der Waals surface area (Å²) >= 11 is 0. The first kappa shape index (κ1) is 20.9. The van der Waals surface area contributed by atoms with Crippen molar-refractivity contribution in [3.8, 4) is 0 Å². The first-order valence-corrected chi connectivity index (χ1v) is 9.35. The summed E-state index contributed by atoms with van der Waals surface area (Å²) in [6, 6.07) is 12.9. The molecule has 1 aliphatic heterocycles. The summed E-state index contributed by atoms with van der Waals surface area (Å²) in [6.45, 7) is 2.63. The second-order valence-electron chi connectivity index (χ2n) is 6.78. The molecule has 8 nitrogen and oxygen atoms in total. The van der Waals surface area contributed by atoms with Crippen LogP contribution in [0.2, 0.25) is 0 Å². The molecule has 0 spiro atoms. The van der Waals surface area contributed by atoms with Crippen LogP contribution in [0, 0.1) is 0 Å². The fraction of sp³-hybridized carbons (Fsp3) is 0.227. The van der Waals surface area contributed by atoms with Gasteiger partial charge in [0.15, 0.2) is 11.9 Å². The van der Waals surface area contributed by atoms with Crippen molar-refractivity contribution in [3.63, 3.8) is 0 Å². The summed E-state index contributed by atoms with van der Waals surface area (Å²) in [4.78, 5) is 61.7. The van der Waals surface area contributed by atoms with Gasteiger partial charge in [-0.3, -0.25) is 28.9 Å². The van der Waals surface area contributed by atoms with E-state index >= 15 is 0 Å². The first-order valence-electron chi connectivity index (χ1n) is 9.35. The topological polar surface area (TPSA) is 110 Å². The minimum Gasteiger partial charge on any atom is -0.452 e. The Hall–Kier alpha value is -3.81. The normalized spacial score (nSPS) is 13.6. The van der Waals surface area contributed by atoms with Gasteiger partial charge in [-0.25, -0.2) is 0 Å². The van der Waals surface area contributed by atoms with Gasteiger partial charge >= 0.3 is 5.97 Å². The molecule has 2 aromatic carbocycles. The van der Waals surface area contributed by atoms with Crippen LogP contribution >= 0.6 is 0 Å². The van der Waals surface area contributed by atoms with Crippen molar-refractivity contribution in [1.29, 1.82) is 0 Å². The standard InChI is InChI=1S/C22H20N2O6/c1-13(25)15-7-5-6-10-18(15)23-20(27)14(2)30-19(26)11-12-24-21(28)16-8-3-4-9-17(16)22(24)29/h3-10,14H,11-12H2,1-2H3,(H,23,27)/t14-/m0/s1. The van der Waals surface area contributed by atoms with Gasteiger partial charge in [0.25, 0.3) is 17.7 Å². The summed E-state index contributed by atoms with van der Waals surface area (Å²) in [5.41, 5.74) is 1.26. The lowest BCUT2D eigenvalue weighted by Crippen LogP contribution is -2.34. The van der Waals surface area contributed by atoms with Crippen LogP contribution in [-0.2, 0) is 14.3 Å². The van der Waals surface area contributed by atoms with E-state index < -0.39 is 29.8 Å². The highest BCUT2D eigenvalue weighted by molar-refractivity contribution is 6.21. The Morgan fingerprint density at radius 3 is 2.13 bits per heavy atom. The molecule has 30 heavy (non-hydrogen) atoms. The van der Waals surface area contributed by atoms with Gasteiger partial charge in [0.1, 0.15) is 0 Å². The molecule has 8 heteroatoms. The molecule has 1 aliphatic rings. The lowest BCUT2D eigenvalue weighted by atomic mass is 10.1. The Labute approximate surface area is 172 Å². The van der Waals surface area contributed by atoms with Crippen molar-refractivity contribution in [2.24, 2.45) is 0 Å². The van der Waals surface area contributed by atoms with Crippen molar-refractivity contribution in [2.45, 2.75) is 26.4 Å². The van der Waals surface area contributed by atoms with Crippen LogP contribution < -0.4 is 5.32 Å². The van der Waals surface area contributed by atoms with Gasteiger partial charge in [-0.05, 0) is 38.1 Å². The number of anilines is 1. The zero-order valence-electron chi connectivity index (χ0n) is 16.5. The molecule has 0 aromatic heterocycles. The molecule has 1 atom stereocenters. The molecular weight excluding hydrogens is 388 g/mol. The Kier molecular flexibility index (Phi) is 6.06. The molecule has 0 saturated heterocycles. The highest BCUT2D eigenvalue weighted by Crippen LogP contribution is 2.22. The van der Waals surface area contributed by atoms with E-state index in [2.05, 4.69) is 5.32 Å². The van der Waals surface area contributed by atoms with E-state index in [4.69, 9.17) is 4.74 Å². The number of nitrogens with zero attached hydrogens (tertiary/aromatic N) is 1. The van der Waals surface area contributed by atoms with E-state index in [9.17, 15) is 24.0 Å². The number of carbonyl (C=O) groups excluding carboxylic acids is 5. The number of amides is 3. The van der Waals surface area contributed by atoms with E-state index in [1.807, 2.05) is 0 Å². The van der Waals surface area contributed by atoms with Crippen LogP contribution in [0.15, 0.2) is 48.5 Å². The number of Topliss-reactive ketones (excluding diaryl/α,β-unsaturated/α-hetero) is 1. The fourth-order valence-corrected chi connectivity index (χ4v) is 3.09. The summed E-state index contributed by atoms with van der Waals surface area (Å²) in [7, 11) is 0. The van der Waals surface area contributed by atoms with Crippen LogP contribution in [0.5, 0.6) is 0 Å². The number of nitrogens with one attached hydrogen (secondary N) is 1. The second-order valence-corrected chi connectivity index (χ2v) is 6.78. The molecule has 0 unspecified atom stereocenters. The number of ketones is 1. The van der Waals surface area contributed by atoms with Crippen LogP contribution in [0.4, 0.5) is 5.69 Å². The predicted molar refractivity (Wildman–Crippen MR) is 107 cm³/mol. The number of rotatable bonds is 7. The SMILES string of the molecule is CC(=O)c1ccccc1NC(=O)[C@H](C)OC(=O)CCN1C(=O)c2ccccc2C1=O. The van der Waals surface area contributed by atoms with Gasteiger partial charge < -0.3 is 10.1 Å². The van der Waals surface area contributed by atoms with Crippen molar-refractivity contribution in [3.05, 3.63) is 65.2 Å². The molecule has 2 aromatic rings. The summed E-state index contributed by atoms with van der Waals surface area (Å²) < 4.78 is 5.11. The van der Waals surface area contributed by atoms with E-state index in [1.54, 1.807) is 48.5 Å². The minimum atomic E-state index is -1.13. The Bertz CT molecular complexity index is 1010. The van der Waals surface area contributed by atoms with E-state index in [0.29, 0.717) is 22.4 Å². The predicted octanol–water partition coefficient (Wildman–Crippen LogP) is 2.45. The summed E-state index contributed by atoms with van der Waals surface area (Å²) in [6.07, 6.45) is -1.37. The van der Waals surface area contributed by atoms with Crippen molar-refractivity contribution < 1.29 is 28.7 Å². The average molecular weight is 408 g/mol. The van der Waals surface area contributed by atoms with Crippen LogP contribution in [-0.4, -0.2) is 47.0 Å². The van der Waals surface area contributed by atoms with E-state index in [1.165, 1.54) is 13.8 Å². The Balaban J connectivity index is 1.54. The molecule has 0 bridgehead atoms. The number of benzene rings is 2. The molecular formula is C22H20N2O6. The van der Waals surface area contributed by atoms with Crippen molar-refractivity contribution in [1.82, 2.24) is 4.90 Å². The Morgan fingerprint density at radius 2 is 1.53 bits per heavy atom. The zero-order chi connectivity index (χ0) is 21.8. The highest BCUT2D eigenvalue weighted by atomic mass is 16.5. The number of hydrogen-bond donors (Lipinski definition) is 1. The van der Waals surface area contributed by atoms with E-state index in [-0.39, 0.29) is 18.7 Å². The van der Waals surface area contributed by atoms with Gasteiger partial charge in [-0.1, -0.05) is 24.3 Å². The third kappa shape index (κ3) is 4.27. The molecule has 3 rings (SSSR count). The van der Waals surface area contributed by atoms with Gasteiger partial charge in [0.2, 0.25) is 0 Å². The fourth-order valence-electron chi connectivity index (χ4n) is 3.09. The lowest BCUT2D eigenvalue weighted by molar-refractivity contribution is -0.153. The third-order valence-electron chi connectivity index (χ3n) is 4.66. The second kappa shape index (κ2) is 8.69. The lowest BCUT2D eigenvalue weighted by Gasteiger charge is -2.16. The molecule has 0 aliphatic carbocycles. The smallest absolute Gasteiger partial charge is 0.308 e. The number of fused-ring (bicyclic) bond motifs is 1. The summed E-state index contributed by atoms with van der Waals surface area (Å²) in [5, 5.41) is 2.56. The van der Waals surface area contributed by atoms with Gasteiger partial charge in [0, 0.05) is 12.1 Å². The number of para-hydroxylation sites is 1. The summed E-state index contributed by atoms with van der Waals surface area (Å²) in [5.74, 6) is -2.46. The van der Waals surface area contributed by atoms with Crippen molar-refractivity contribution >= 4 is 35.2 Å². The van der Waals surface area contributed by atoms with Gasteiger partial charge in [-0.2, -0.15) is 0 Å². The van der Waals surface area contributed by atoms with E-state index in [0.717, 1.165) is 4.90 Å². The molecule has 0 saturated carbocycles. The maximum absolute atomic E-state index is 12.3. The maximum atomic E-state index is 12.3. The number of ether oxygens (including phenoxy) is 1. The monoisotopic (exact) mass is 408 g/mol. The maximum Gasteiger partial charge on any atom is 0.308 e. The Morgan fingerprint density at radius 1 is 0.967 bits per heavy atom. The largest absolute Gasteiger partial charge is 0.452 e. The molecule has 3 amide bonds. The number of hydrogen-bond acceptors (Lipinski definition) is 6. The van der Waals surface area contributed by atoms with Crippen LogP contribution in [0.3, 0.4) is 0 Å². The quantitative estimate of drug-likeness (QED) is 0.428. The minimum absolute atomic E-state index is 0.146. The highest BCUT2D eigenvalue weighted by Gasteiger charge is 2.35. The number of esters is 1. The molecule has 0 radical (unpaired) electrons. The molecule has 1 N–H and O–H groups in total. The average Bonchev–Trinajstić information content (AvgIpc) is 2.97. The van der Waals surface area contributed by atoms with Crippen LogP contribution in [0.25, 0.3) is 0 Å². The molecule has 154 valence electrons. The third-order valence-corrected chi connectivity index (χ3v) is 4.66. The molecule has 1 heterocycles. The number of imide groups is 1.